The molecule has 1 aliphatic rings. The summed E-state index contributed by atoms with van der Waals surface area (Å²) in [6.45, 7) is 1.81. The molecular formula is C17H18N2OS. The van der Waals surface area contributed by atoms with Crippen molar-refractivity contribution in [2.75, 3.05) is 0 Å². The molecule has 2 atom stereocenters. The lowest BCUT2D eigenvalue weighted by Gasteiger charge is -2.24. The maximum absolute atomic E-state index is 11.4. The molecule has 1 heterocycles. The van der Waals surface area contributed by atoms with Gasteiger partial charge in [-0.05, 0) is 29.7 Å². The summed E-state index contributed by atoms with van der Waals surface area (Å²) in [5.41, 5.74) is 9.16. The molecule has 0 bridgehead atoms. The predicted octanol–water partition coefficient (Wildman–Crippen LogP) is 2.85. The van der Waals surface area contributed by atoms with Crippen LogP contribution in [-0.4, -0.2) is 11.9 Å². The van der Waals surface area contributed by atoms with Crippen molar-refractivity contribution in [3.8, 4) is 0 Å². The number of hydrogen-bond donors (Lipinski definition) is 2. The standard InChI is InChI=1S/C17H18N2OS/c1-11(17(18)20)19-16-13-7-3-2-6-12(13)10-21-15-9-5-4-8-14(15)16/h2-9,11,16,19H,10H2,1H3,(H2,18,20). The van der Waals surface area contributed by atoms with Crippen molar-refractivity contribution in [1.29, 1.82) is 0 Å². The van der Waals surface area contributed by atoms with E-state index in [1.165, 1.54) is 21.6 Å². The normalized spacial score (nSPS) is 18.2. The van der Waals surface area contributed by atoms with Crippen LogP contribution in [0.3, 0.4) is 0 Å². The van der Waals surface area contributed by atoms with Crippen LogP contribution in [0.15, 0.2) is 53.4 Å². The number of fused-ring (bicyclic) bond motifs is 2. The monoisotopic (exact) mass is 298 g/mol. The van der Waals surface area contributed by atoms with Gasteiger partial charge < -0.3 is 5.73 Å². The number of rotatable bonds is 3. The van der Waals surface area contributed by atoms with E-state index in [9.17, 15) is 4.79 Å². The molecule has 3 N–H and O–H groups in total. The van der Waals surface area contributed by atoms with Crippen molar-refractivity contribution in [3.05, 3.63) is 65.2 Å². The van der Waals surface area contributed by atoms with E-state index >= 15 is 0 Å². The Kier molecular flexibility index (Phi) is 3.99. The second-order valence-electron chi connectivity index (χ2n) is 5.25. The quantitative estimate of drug-likeness (QED) is 0.916. The largest absolute Gasteiger partial charge is 0.368 e. The summed E-state index contributed by atoms with van der Waals surface area (Å²) in [5.74, 6) is 0.609. The lowest BCUT2D eigenvalue weighted by molar-refractivity contribution is -0.119. The third-order valence-electron chi connectivity index (χ3n) is 3.82. The van der Waals surface area contributed by atoms with E-state index in [4.69, 9.17) is 5.73 Å². The molecule has 3 rings (SSSR count). The average Bonchev–Trinajstić information content (AvgIpc) is 2.65. The van der Waals surface area contributed by atoms with Crippen molar-refractivity contribution in [3.63, 3.8) is 0 Å². The van der Waals surface area contributed by atoms with Gasteiger partial charge >= 0.3 is 0 Å². The van der Waals surface area contributed by atoms with E-state index in [1.54, 1.807) is 0 Å². The number of amides is 1. The number of nitrogens with one attached hydrogen (secondary N) is 1. The van der Waals surface area contributed by atoms with Gasteiger partial charge in [0.05, 0.1) is 12.1 Å². The van der Waals surface area contributed by atoms with Crippen molar-refractivity contribution >= 4 is 17.7 Å². The third-order valence-corrected chi connectivity index (χ3v) is 4.96. The number of thioether (sulfide) groups is 1. The zero-order chi connectivity index (χ0) is 14.8. The fraction of sp³-hybridized carbons (Fsp3) is 0.235. The Balaban J connectivity index is 2.08. The smallest absolute Gasteiger partial charge is 0.234 e. The first-order chi connectivity index (χ1) is 10.2. The lowest BCUT2D eigenvalue weighted by Crippen LogP contribution is -2.41. The molecule has 1 aliphatic heterocycles. The maximum Gasteiger partial charge on any atom is 0.234 e. The molecule has 108 valence electrons. The molecule has 0 saturated carbocycles. The number of benzene rings is 2. The van der Waals surface area contributed by atoms with Gasteiger partial charge in [0, 0.05) is 10.6 Å². The topological polar surface area (TPSA) is 55.1 Å². The summed E-state index contributed by atoms with van der Waals surface area (Å²) in [7, 11) is 0. The second-order valence-corrected chi connectivity index (χ2v) is 6.27. The van der Waals surface area contributed by atoms with Crippen LogP contribution < -0.4 is 11.1 Å². The van der Waals surface area contributed by atoms with Gasteiger partial charge in [-0.2, -0.15) is 0 Å². The number of carbonyl (C=O) groups is 1. The van der Waals surface area contributed by atoms with Crippen LogP contribution in [0.2, 0.25) is 0 Å². The highest BCUT2D eigenvalue weighted by molar-refractivity contribution is 7.98. The molecule has 0 aromatic heterocycles. The van der Waals surface area contributed by atoms with Crippen LogP contribution >= 0.6 is 11.8 Å². The molecule has 4 heteroatoms. The zero-order valence-corrected chi connectivity index (χ0v) is 12.7. The predicted molar refractivity (Wildman–Crippen MR) is 86.1 cm³/mol. The van der Waals surface area contributed by atoms with Crippen molar-refractivity contribution in [2.45, 2.75) is 29.7 Å². The van der Waals surface area contributed by atoms with Crippen LogP contribution in [0.1, 0.15) is 29.7 Å². The van der Waals surface area contributed by atoms with Gasteiger partial charge in [-0.3, -0.25) is 10.1 Å². The SMILES string of the molecule is CC(NC1c2ccccc2CSc2ccccc21)C(N)=O. The summed E-state index contributed by atoms with van der Waals surface area (Å²) < 4.78 is 0. The fourth-order valence-electron chi connectivity index (χ4n) is 2.63. The number of primary amides is 1. The first-order valence-corrected chi connectivity index (χ1v) is 8.00. The lowest BCUT2D eigenvalue weighted by atomic mass is 9.94. The summed E-state index contributed by atoms with van der Waals surface area (Å²) in [6.07, 6.45) is 0. The van der Waals surface area contributed by atoms with Gasteiger partial charge in [-0.15, -0.1) is 11.8 Å². The van der Waals surface area contributed by atoms with Crippen LogP contribution in [0.25, 0.3) is 0 Å². The van der Waals surface area contributed by atoms with Crippen LogP contribution in [0.5, 0.6) is 0 Å². The van der Waals surface area contributed by atoms with Crippen LogP contribution in [0.4, 0.5) is 0 Å². The Morgan fingerprint density at radius 3 is 2.62 bits per heavy atom. The van der Waals surface area contributed by atoms with Gasteiger partial charge in [0.2, 0.25) is 5.91 Å². The highest BCUT2D eigenvalue weighted by Gasteiger charge is 2.25. The Hall–Kier alpha value is -1.78. The Labute approximate surface area is 128 Å². The maximum atomic E-state index is 11.4. The first-order valence-electron chi connectivity index (χ1n) is 7.01. The minimum atomic E-state index is -0.376. The summed E-state index contributed by atoms with van der Waals surface area (Å²) in [5, 5.41) is 3.38. The molecule has 2 aromatic carbocycles. The molecule has 0 saturated heterocycles. The zero-order valence-electron chi connectivity index (χ0n) is 11.9. The highest BCUT2D eigenvalue weighted by Crippen LogP contribution is 2.39. The first kappa shape index (κ1) is 14.2. The molecular weight excluding hydrogens is 280 g/mol. The molecule has 21 heavy (non-hydrogen) atoms. The Morgan fingerprint density at radius 1 is 1.19 bits per heavy atom. The van der Waals surface area contributed by atoms with Crippen molar-refractivity contribution in [2.24, 2.45) is 5.73 Å². The van der Waals surface area contributed by atoms with Crippen LogP contribution in [-0.2, 0) is 10.5 Å². The summed E-state index contributed by atoms with van der Waals surface area (Å²) >= 11 is 1.84. The molecule has 0 fully saturated rings. The molecule has 2 unspecified atom stereocenters. The van der Waals surface area contributed by atoms with E-state index in [1.807, 2.05) is 30.8 Å². The van der Waals surface area contributed by atoms with E-state index in [0.29, 0.717) is 0 Å². The van der Waals surface area contributed by atoms with Crippen LogP contribution in [0, 0.1) is 0 Å². The summed E-state index contributed by atoms with van der Waals surface area (Å²) in [6, 6.07) is 16.3. The highest BCUT2D eigenvalue weighted by atomic mass is 32.2. The number of carbonyl (C=O) groups excluding carboxylic acids is 1. The third kappa shape index (κ3) is 2.82. The van der Waals surface area contributed by atoms with Gasteiger partial charge in [-0.1, -0.05) is 42.5 Å². The Morgan fingerprint density at radius 2 is 1.86 bits per heavy atom. The number of nitrogens with two attached hydrogens (primary N) is 1. The van der Waals surface area contributed by atoms with E-state index in [0.717, 1.165) is 5.75 Å². The van der Waals surface area contributed by atoms with Gasteiger partial charge in [0.25, 0.3) is 0 Å². The van der Waals surface area contributed by atoms with Crippen molar-refractivity contribution in [1.82, 2.24) is 5.32 Å². The van der Waals surface area contributed by atoms with Gasteiger partial charge in [-0.25, -0.2) is 0 Å². The Bertz CT molecular complexity index is 624. The molecule has 0 aliphatic carbocycles. The average molecular weight is 298 g/mol. The fourth-order valence-corrected chi connectivity index (χ4v) is 3.73. The van der Waals surface area contributed by atoms with E-state index in [2.05, 4.69) is 41.7 Å². The van der Waals surface area contributed by atoms with E-state index in [-0.39, 0.29) is 18.0 Å². The summed E-state index contributed by atoms with van der Waals surface area (Å²) in [4.78, 5) is 12.7. The second kappa shape index (κ2) is 5.92. The molecule has 0 spiro atoms. The van der Waals surface area contributed by atoms with E-state index < -0.39 is 0 Å². The molecule has 0 radical (unpaired) electrons. The van der Waals surface area contributed by atoms with Crippen molar-refractivity contribution < 1.29 is 4.79 Å². The molecule has 2 aromatic rings. The molecule has 3 nitrogen and oxygen atoms in total. The van der Waals surface area contributed by atoms with Gasteiger partial charge in [0.15, 0.2) is 0 Å². The minimum absolute atomic E-state index is 0.00472. The molecule has 1 amide bonds. The number of hydrogen-bond acceptors (Lipinski definition) is 3. The minimum Gasteiger partial charge on any atom is -0.368 e. The van der Waals surface area contributed by atoms with Gasteiger partial charge in [0.1, 0.15) is 0 Å².